The Morgan fingerprint density at radius 1 is 1.46 bits per heavy atom. The Morgan fingerprint density at radius 2 is 2.15 bits per heavy atom. The molecule has 1 aliphatic carbocycles. The lowest BCUT2D eigenvalue weighted by Crippen LogP contribution is -2.05. The maximum atomic E-state index is 12.9. The maximum absolute atomic E-state index is 12.9. The van der Waals surface area contributed by atoms with Gasteiger partial charge in [0.25, 0.3) is 0 Å². The minimum atomic E-state index is -0.265. The lowest BCUT2D eigenvalue weighted by molar-refractivity contribution is 0.227. The van der Waals surface area contributed by atoms with Crippen molar-refractivity contribution in [1.82, 2.24) is 0 Å². The van der Waals surface area contributed by atoms with Gasteiger partial charge in [-0.05, 0) is 59.4 Å². The third-order valence-electron chi connectivity index (χ3n) is 2.32. The SMILES string of the molecule is Fc1ccc(C2(OS)CC2)cc1Br. The molecule has 70 valence electrons. The molecule has 1 fully saturated rings. The fraction of sp³-hybridized carbons (Fsp3) is 0.333. The van der Waals surface area contributed by atoms with Gasteiger partial charge in [-0.1, -0.05) is 6.07 Å². The van der Waals surface area contributed by atoms with Crippen LogP contribution in [0.1, 0.15) is 18.4 Å². The number of hydrogen-bond acceptors (Lipinski definition) is 2. The monoisotopic (exact) mass is 262 g/mol. The van der Waals surface area contributed by atoms with Gasteiger partial charge in [0.1, 0.15) is 11.4 Å². The molecule has 0 unspecified atom stereocenters. The van der Waals surface area contributed by atoms with Crippen LogP contribution in [0.5, 0.6) is 0 Å². The van der Waals surface area contributed by atoms with Gasteiger partial charge < -0.3 is 4.18 Å². The van der Waals surface area contributed by atoms with Gasteiger partial charge in [-0.15, -0.1) is 0 Å². The summed E-state index contributed by atoms with van der Waals surface area (Å²) < 4.78 is 18.5. The van der Waals surface area contributed by atoms with Crippen molar-refractivity contribution in [3.8, 4) is 0 Å². The zero-order chi connectivity index (χ0) is 9.47. The highest BCUT2D eigenvalue weighted by atomic mass is 79.9. The quantitative estimate of drug-likeness (QED) is 0.635. The molecule has 0 amide bonds. The molecular weight excluding hydrogens is 255 g/mol. The highest BCUT2D eigenvalue weighted by molar-refractivity contribution is 9.10. The number of halogens is 2. The van der Waals surface area contributed by atoms with Crippen molar-refractivity contribution in [3.63, 3.8) is 0 Å². The van der Waals surface area contributed by atoms with Crippen LogP contribution >= 0.6 is 28.8 Å². The fourth-order valence-electron chi connectivity index (χ4n) is 1.33. The summed E-state index contributed by atoms with van der Waals surface area (Å²) in [6.45, 7) is 0. The summed E-state index contributed by atoms with van der Waals surface area (Å²) in [5, 5.41) is 0. The molecule has 0 heterocycles. The Hall–Kier alpha value is -0.0600. The fourth-order valence-corrected chi connectivity index (χ4v) is 1.99. The number of hydrogen-bond donors (Lipinski definition) is 1. The van der Waals surface area contributed by atoms with Gasteiger partial charge in [-0.25, -0.2) is 4.39 Å². The first kappa shape index (κ1) is 9.49. The molecule has 0 radical (unpaired) electrons. The van der Waals surface area contributed by atoms with Crippen LogP contribution in [0.4, 0.5) is 4.39 Å². The second-order valence-corrected chi connectivity index (χ2v) is 4.25. The lowest BCUT2D eigenvalue weighted by Gasteiger charge is -2.12. The van der Waals surface area contributed by atoms with Crippen molar-refractivity contribution in [2.75, 3.05) is 0 Å². The van der Waals surface area contributed by atoms with E-state index in [1.807, 2.05) is 0 Å². The molecule has 0 bridgehead atoms. The Balaban J connectivity index is 2.37. The Bertz CT molecular complexity index is 338. The highest BCUT2D eigenvalue weighted by Gasteiger charge is 2.45. The maximum Gasteiger partial charge on any atom is 0.137 e. The summed E-state index contributed by atoms with van der Waals surface area (Å²) in [5.41, 5.74) is 0.718. The van der Waals surface area contributed by atoms with Crippen LogP contribution in [0.25, 0.3) is 0 Å². The van der Waals surface area contributed by atoms with Gasteiger partial charge in [-0.2, -0.15) is 0 Å². The zero-order valence-corrected chi connectivity index (χ0v) is 9.24. The molecule has 1 nitrogen and oxygen atoms in total. The predicted octanol–water partition coefficient (Wildman–Crippen LogP) is 3.44. The molecule has 0 spiro atoms. The molecule has 0 atom stereocenters. The second kappa shape index (κ2) is 3.26. The molecule has 0 saturated heterocycles. The van der Waals surface area contributed by atoms with E-state index in [1.54, 1.807) is 12.1 Å². The topological polar surface area (TPSA) is 9.23 Å². The molecule has 4 heteroatoms. The average molecular weight is 263 g/mol. The molecule has 2 rings (SSSR count). The normalized spacial score (nSPS) is 18.7. The van der Waals surface area contributed by atoms with Crippen LogP contribution in [0.3, 0.4) is 0 Å². The van der Waals surface area contributed by atoms with E-state index in [-0.39, 0.29) is 11.4 Å². The molecule has 13 heavy (non-hydrogen) atoms. The molecule has 1 aromatic rings. The van der Waals surface area contributed by atoms with Crippen LogP contribution in [-0.4, -0.2) is 0 Å². The minimum absolute atomic E-state index is 0.251. The minimum Gasteiger partial charge on any atom is -0.307 e. The van der Waals surface area contributed by atoms with Crippen LogP contribution in [0, 0.1) is 5.82 Å². The van der Waals surface area contributed by atoms with Crippen LogP contribution in [0.15, 0.2) is 22.7 Å². The van der Waals surface area contributed by atoms with Crippen molar-refractivity contribution in [1.29, 1.82) is 0 Å². The predicted molar refractivity (Wildman–Crippen MR) is 55.1 cm³/mol. The third kappa shape index (κ3) is 1.63. The first-order valence-corrected chi connectivity index (χ1v) is 5.12. The van der Waals surface area contributed by atoms with Gasteiger partial charge in [-0.3, -0.25) is 0 Å². The van der Waals surface area contributed by atoms with Crippen molar-refractivity contribution < 1.29 is 8.57 Å². The second-order valence-electron chi connectivity index (χ2n) is 3.21. The highest BCUT2D eigenvalue weighted by Crippen LogP contribution is 2.50. The first-order valence-electron chi connectivity index (χ1n) is 3.96. The van der Waals surface area contributed by atoms with E-state index in [9.17, 15) is 4.39 Å². The van der Waals surface area contributed by atoms with E-state index in [0.717, 1.165) is 18.4 Å². The smallest absolute Gasteiger partial charge is 0.137 e. The molecule has 1 saturated carbocycles. The summed E-state index contributed by atoms with van der Waals surface area (Å²) >= 11 is 6.97. The first-order chi connectivity index (χ1) is 6.18. The zero-order valence-electron chi connectivity index (χ0n) is 6.76. The van der Waals surface area contributed by atoms with Crippen LogP contribution in [-0.2, 0) is 9.78 Å². The molecule has 0 aromatic heterocycles. The molecule has 0 N–H and O–H groups in total. The number of benzene rings is 1. The molecular formula is C9H8BrFOS. The number of thiol groups is 1. The van der Waals surface area contributed by atoms with E-state index >= 15 is 0 Å². The van der Waals surface area contributed by atoms with Crippen molar-refractivity contribution >= 4 is 28.8 Å². The average Bonchev–Trinajstić information content (AvgIpc) is 2.90. The van der Waals surface area contributed by atoms with E-state index in [2.05, 4.69) is 28.8 Å². The Morgan fingerprint density at radius 3 is 2.62 bits per heavy atom. The molecule has 0 aliphatic heterocycles. The molecule has 1 aromatic carbocycles. The summed E-state index contributed by atoms with van der Waals surface area (Å²) in [7, 11) is 0. The van der Waals surface area contributed by atoms with Gasteiger partial charge in [0, 0.05) is 0 Å². The van der Waals surface area contributed by atoms with E-state index in [0.29, 0.717) is 4.47 Å². The molecule has 1 aliphatic rings. The largest absolute Gasteiger partial charge is 0.307 e. The van der Waals surface area contributed by atoms with Gasteiger partial charge in [0.05, 0.1) is 4.47 Å². The van der Waals surface area contributed by atoms with Crippen LogP contribution < -0.4 is 0 Å². The standard InChI is InChI=1S/C9H8BrFOS/c10-7-5-6(1-2-8(7)11)9(12-13)3-4-9/h1-2,5,13H,3-4H2. The number of rotatable bonds is 2. The van der Waals surface area contributed by atoms with Crippen molar-refractivity contribution in [2.24, 2.45) is 0 Å². The van der Waals surface area contributed by atoms with Gasteiger partial charge in [0.2, 0.25) is 0 Å². The van der Waals surface area contributed by atoms with Gasteiger partial charge >= 0.3 is 0 Å². The van der Waals surface area contributed by atoms with E-state index < -0.39 is 0 Å². The summed E-state index contributed by atoms with van der Waals surface area (Å²) in [6.07, 6.45) is 1.91. The lowest BCUT2D eigenvalue weighted by atomic mass is 10.1. The summed E-state index contributed by atoms with van der Waals surface area (Å²) in [5.74, 6) is -0.251. The summed E-state index contributed by atoms with van der Waals surface area (Å²) in [6, 6.07) is 4.92. The summed E-state index contributed by atoms with van der Waals surface area (Å²) in [4.78, 5) is 0. The van der Waals surface area contributed by atoms with Crippen molar-refractivity contribution in [2.45, 2.75) is 18.4 Å². The van der Waals surface area contributed by atoms with E-state index in [1.165, 1.54) is 6.07 Å². The van der Waals surface area contributed by atoms with E-state index in [4.69, 9.17) is 4.18 Å². The van der Waals surface area contributed by atoms with Crippen LogP contribution in [0.2, 0.25) is 0 Å². The van der Waals surface area contributed by atoms with Gasteiger partial charge in [0.15, 0.2) is 0 Å². The van der Waals surface area contributed by atoms with Crippen molar-refractivity contribution in [3.05, 3.63) is 34.1 Å². The third-order valence-corrected chi connectivity index (χ3v) is 3.28. The Kier molecular flexibility index (Phi) is 2.38. The Labute approximate surface area is 90.0 Å².